The number of carbonyl (C=O) groups is 2. The van der Waals surface area contributed by atoms with E-state index in [1.165, 1.54) is 13.8 Å². The van der Waals surface area contributed by atoms with E-state index in [-0.39, 0.29) is 0 Å². The van der Waals surface area contributed by atoms with Gasteiger partial charge in [-0.2, -0.15) is 0 Å². The van der Waals surface area contributed by atoms with E-state index in [4.69, 9.17) is 61.6 Å². The molecule has 36 heteroatoms. The molecule has 36 nitrogen and oxygen atoms in total. The maximum atomic E-state index is 13.0. The molecule has 7 aliphatic rings. The topological polar surface area (TPSA) is 563 Å². The van der Waals surface area contributed by atoms with Crippen molar-refractivity contribution in [2.75, 3.05) is 33.0 Å². The Morgan fingerprint density at radius 2 is 0.720 bits per heavy atom. The van der Waals surface area contributed by atoms with Crippen LogP contribution in [0, 0.1) is 0 Å². The summed E-state index contributed by atoms with van der Waals surface area (Å²) in [6.45, 7) is -0.0441. The predicted molar refractivity (Wildman–Crippen MR) is 252 cm³/mol. The Bertz CT molecular complexity index is 2030. The van der Waals surface area contributed by atoms with Crippen LogP contribution in [0.15, 0.2) is 0 Å². The van der Waals surface area contributed by atoms with E-state index < -0.39 is 260 Å². The summed E-state index contributed by atoms with van der Waals surface area (Å²) in [5, 5.41) is 210. The molecule has 476 valence electrons. The van der Waals surface area contributed by atoms with Crippen molar-refractivity contribution in [3.8, 4) is 0 Å². The van der Waals surface area contributed by atoms with Crippen LogP contribution in [-0.4, -0.2) is 357 Å². The highest BCUT2D eigenvalue weighted by molar-refractivity contribution is 5.73. The summed E-state index contributed by atoms with van der Waals surface area (Å²) >= 11 is 0. The quantitative estimate of drug-likeness (QED) is 0.0571. The maximum absolute atomic E-state index is 13.0. The second-order valence-electron chi connectivity index (χ2n) is 21.1. The molecule has 7 saturated heterocycles. The van der Waals surface area contributed by atoms with Gasteiger partial charge >= 0.3 is 0 Å². The van der Waals surface area contributed by atoms with Gasteiger partial charge in [0.25, 0.3) is 0 Å². The summed E-state index contributed by atoms with van der Waals surface area (Å²) < 4.78 is 75.9. The normalized spacial score (nSPS) is 51.3. The van der Waals surface area contributed by atoms with Crippen LogP contribution >= 0.6 is 0 Å². The molecule has 0 saturated carbocycles. The van der Waals surface area contributed by atoms with Crippen molar-refractivity contribution in [1.82, 2.24) is 10.6 Å². The van der Waals surface area contributed by atoms with Gasteiger partial charge in [-0.15, -0.1) is 0 Å². The van der Waals surface area contributed by atoms with Crippen LogP contribution in [0.4, 0.5) is 0 Å². The minimum atomic E-state index is -2.29. The van der Waals surface area contributed by atoms with Crippen LogP contribution < -0.4 is 10.6 Å². The molecule has 0 radical (unpaired) electrons. The van der Waals surface area contributed by atoms with Crippen molar-refractivity contribution in [1.29, 1.82) is 0 Å². The Labute approximate surface area is 465 Å². The predicted octanol–water partition coefficient (Wildman–Crippen LogP) is -13.9. The minimum absolute atomic E-state index is 0.826. The van der Waals surface area contributed by atoms with Crippen LogP contribution in [0.5, 0.6) is 0 Å². The fourth-order valence-corrected chi connectivity index (χ4v) is 10.5. The molecular weight excluding hydrogens is 1120 g/mol. The molecule has 7 aliphatic heterocycles. The fraction of sp³-hybridized carbons (Fsp3) is 0.957. The lowest BCUT2D eigenvalue weighted by atomic mass is 9.93. The molecule has 0 unspecified atom stereocenters. The third-order valence-corrected chi connectivity index (χ3v) is 15.2. The Morgan fingerprint density at radius 3 is 1.24 bits per heavy atom. The van der Waals surface area contributed by atoms with E-state index >= 15 is 0 Å². The zero-order valence-electron chi connectivity index (χ0n) is 44.4. The largest absolute Gasteiger partial charge is 0.394 e. The van der Waals surface area contributed by atoms with Gasteiger partial charge in [0.05, 0.1) is 45.2 Å². The van der Waals surface area contributed by atoms with Gasteiger partial charge < -0.3 is 169 Å². The highest BCUT2D eigenvalue weighted by Gasteiger charge is 2.58. The number of aliphatic hydroxyl groups is 19. The second-order valence-corrected chi connectivity index (χ2v) is 21.1. The van der Waals surface area contributed by atoms with Crippen molar-refractivity contribution in [2.24, 2.45) is 0 Å². The molecule has 21 N–H and O–H groups in total. The summed E-state index contributed by atoms with van der Waals surface area (Å²) in [6, 6.07) is -3.64. The van der Waals surface area contributed by atoms with Crippen molar-refractivity contribution in [2.45, 2.75) is 243 Å². The van der Waals surface area contributed by atoms with Crippen LogP contribution in [0.1, 0.15) is 27.7 Å². The van der Waals surface area contributed by atoms with Gasteiger partial charge in [0.15, 0.2) is 44.0 Å². The Hall–Kier alpha value is -2.34. The van der Waals surface area contributed by atoms with Crippen LogP contribution in [0.3, 0.4) is 0 Å². The molecule has 0 aliphatic carbocycles. The molecule has 0 bridgehead atoms. The molecular formula is C46H78N2O34. The van der Waals surface area contributed by atoms with Crippen molar-refractivity contribution in [3.05, 3.63) is 0 Å². The highest BCUT2D eigenvalue weighted by Crippen LogP contribution is 2.37. The van der Waals surface area contributed by atoms with Gasteiger partial charge in [0.1, 0.15) is 159 Å². The van der Waals surface area contributed by atoms with E-state index in [0.29, 0.717) is 0 Å². The SMILES string of the molecule is CC(=O)N[C@@H]1[C@@H](O[C@@H]2O[C@@H](C)[C@@H](O)[C@@H](O)[C@@H]2O)[C@H](O[C@@H]2O[C@H](CO)[C@@H](O[C@@H]3O[C@H](CO[C@H]4O[C@H](CO)[C@@H](O)[C@H](O)[C@@H]4O)[C@@H](O)[C@H](O[C@H]4O[C@H](CO)[C@@H](O)[C@H](O)[C@@H]4O)[C@@H]3O)[C@H](O)[C@H]2NC(C)=O)[C@@H](CO[C@H]2O[C@@H](C)[C@@H](O)[C@@H](O)[C@@H]2O)O[C@H]1O. The first-order chi connectivity index (χ1) is 38.6. The number of carbonyl (C=O) groups excluding carboxylic acids is 2. The first-order valence-electron chi connectivity index (χ1n) is 26.3. The van der Waals surface area contributed by atoms with E-state index in [1.807, 2.05) is 0 Å². The number of hydrogen-bond donors (Lipinski definition) is 21. The molecule has 35 atom stereocenters. The number of ether oxygens (including phenoxy) is 13. The molecule has 0 aromatic rings. The average Bonchev–Trinajstić information content (AvgIpc) is 2.90. The highest BCUT2D eigenvalue weighted by atomic mass is 16.8. The summed E-state index contributed by atoms with van der Waals surface area (Å²) in [7, 11) is 0. The minimum Gasteiger partial charge on any atom is -0.394 e. The molecule has 7 fully saturated rings. The molecule has 7 heterocycles. The number of hydrogen-bond acceptors (Lipinski definition) is 34. The summed E-state index contributed by atoms with van der Waals surface area (Å²) in [5.74, 6) is -1.73. The van der Waals surface area contributed by atoms with Gasteiger partial charge in [0, 0.05) is 13.8 Å². The molecule has 2 amide bonds. The van der Waals surface area contributed by atoms with E-state index in [2.05, 4.69) is 10.6 Å². The first kappa shape index (κ1) is 67.2. The molecule has 7 rings (SSSR count). The lowest BCUT2D eigenvalue weighted by Gasteiger charge is -2.51. The third-order valence-electron chi connectivity index (χ3n) is 15.2. The maximum Gasteiger partial charge on any atom is 0.217 e. The number of aliphatic hydroxyl groups excluding tert-OH is 19. The molecule has 82 heavy (non-hydrogen) atoms. The monoisotopic (exact) mass is 1200 g/mol. The van der Waals surface area contributed by atoms with Gasteiger partial charge in [-0.05, 0) is 13.8 Å². The zero-order valence-corrected chi connectivity index (χ0v) is 44.4. The Balaban J connectivity index is 1.21. The number of nitrogens with one attached hydrogen (secondary N) is 2. The lowest BCUT2D eigenvalue weighted by Crippen LogP contribution is -2.71. The van der Waals surface area contributed by atoms with Gasteiger partial charge in [-0.1, -0.05) is 0 Å². The first-order valence-corrected chi connectivity index (χ1v) is 26.3. The Kier molecular flexibility index (Phi) is 23.5. The van der Waals surface area contributed by atoms with Crippen molar-refractivity contribution < 1.29 is 168 Å². The van der Waals surface area contributed by atoms with E-state index in [0.717, 1.165) is 13.8 Å². The number of amides is 2. The molecule has 0 aromatic heterocycles. The van der Waals surface area contributed by atoms with Crippen LogP contribution in [-0.2, 0) is 71.2 Å². The summed E-state index contributed by atoms with van der Waals surface area (Å²) in [4.78, 5) is 25.7. The van der Waals surface area contributed by atoms with Gasteiger partial charge in [-0.25, -0.2) is 0 Å². The summed E-state index contributed by atoms with van der Waals surface area (Å²) in [5.41, 5.74) is 0. The zero-order chi connectivity index (χ0) is 60.5. The van der Waals surface area contributed by atoms with Crippen LogP contribution in [0.25, 0.3) is 0 Å². The van der Waals surface area contributed by atoms with E-state index in [9.17, 15) is 107 Å². The van der Waals surface area contributed by atoms with Crippen molar-refractivity contribution >= 4 is 11.8 Å². The van der Waals surface area contributed by atoms with Crippen LogP contribution in [0.2, 0.25) is 0 Å². The molecule has 0 aromatic carbocycles. The van der Waals surface area contributed by atoms with Gasteiger partial charge in [-0.3, -0.25) is 9.59 Å². The standard InChI is InChI=1S/C46H78N2O34/c1-10-21(54)27(60)31(64)42(72-10)71-9-18-37(38(20(40(69)74-18)48-13(4)53)81-44-33(66)28(61)22(55)11(2)73-44)80-41-19(47-12(3)52)26(59)36(16(7-51)77-41)79-46-35(68)39(82-45-34(67)30(63)24(57)15(6-50)76-45)25(58)17(78-46)8-70-43-32(65)29(62)23(56)14(5-49)75-43/h10-11,14-46,49-51,54-69H,5-9H2,1-4H3,(H,47,52)(H,48,53)/t10-,11-,14+,15+,16+,17+,18+,19+,20+,21+,22+,23+,24+,25+,26+,27+,28+,29-,30-,31-,32-,33-,34-,35-,36+,37+,38+,39-,40+,41-,42-,43-,44-,45+,46-/m0/s1. The average molecular weight is 1200 g/mol. The van der Waals surface area contributed by atoms with E-state index in [1.54, 1.807) is 0 Å². The Morgan fingerprint density at radius 1 is 0.341 bits per heavy atom. The third kappa shape index (κ3) is 14.5. The van der Waals surface area contributed by atoms with Crippen molar-refractivity contribution in [3.63, 3.8) is 0 Å². The molecule has 0 spiro atoms. The van der Waals surface area contributed by atoms with Gasteiger partial charge in [0.2, 0.25) is 11.8 Å². The second kappa shape index (κ2) is 28.7. The smallest absolute Gasteiger partial charge is 0.217 e. The fourth-order valence-electron chi connectivity index (χ4n) is 10.5. The lowest BCUT2D eigenvalue weighted by molar-refractivity contribution is -0.388. The number of rotatable bonds is 19. The summed E-state index contributed by atoms with van der Waals surface area (Å²) in [6.07, 6.45) is -62.0.